The average molecular weight is 671 g/mol. The van der Waals surface area contributed by atoms with Crippen LogP contribution in [0.5, 0.6) is 0 Å². The van der Waals surface area contributed by atoms with E-state index in [0.29, 0.717) is 6.42 Å². The van der Waals surface area contributed by atoms with Crippen molar-refractivity contribution in [3.63, 3.8) is 0 Å². The highest BCUT2D eigenvalue weighted by atomic mass is 16.3. The van der Waals surface area contributed by atoms with Crippen molar-refractivity contribution in [2.45, 2.75) is 192 Å². The van der Waals surface area contributed by atoms with Crippen LogP contribution in [-0.4, -0.2) is 33.6 Å². The maximum atomic E-state index is 10.1. The molecule has 0 radical (unpaired) electrons. The fraction of sp³-hybridized carbons (Fsp3) is 0.652. The van der Waals surface area contributed by atoms with Crippen molar-refractivity contribution in [2.24, 2.45) is 0 Å². The highest BCUT2D eigenvalue weighted by Crippen LogP contribution is 2.14. The van der Waals surface area contributed by atoms with Crippen molar-refractivity contribution in [1.29, 1.82) is 0 Å². The first-order valence-electron chi connectivity index (χ1n) is 19.7. The van der Waals surface area contributed by atoms with Crippen molar-refractivity contribution in [3.8, 4) is 48.4 Å². The zero-order valence-corrected chi connectivity index (χ0v) is 30.9. The summed E-state index contributed by atoms with van der Waals surface area (Å²) >= 11 is 0. The molecule has 49 heavy (non-hydrogen) atoms. The van der Waals surface area contributed by atoms with E-state index in [1.165, 1.54) is 103 Å². The smallest absolute Gasteiger partial charge is 0.176 e. The molecule has 3 nitrogen and oxygen atoms in total. The van der Waals surface area contributed by atoms with E-state index in [9.17, 15) is 15.3 Å². The van der Waals surface area contributed by atoms with E-state index in [-0.39, 0.29) is 0 Å². The zero-order valence-electron chi connectivity index (χ0n) is 30.9. The summed E-state index contributed by atoms with van der Waals surface area (Å²) in [6.45, 7) is 0. The molecule has 0 amide bonds. The predicted molar refractivity (Wildman–Crippen MR) is 212 cm³/mol. The Hall–Kier alpha value is -2.92. The highest BCUT2D eigenvalue weighted by Gasteiger charge is 1.99. The maximum Gasteiger partial charge on any atom is 0.176 e. The van der Waals surface area contributed by atoms with E-state index in [4.69, 9.17) is 12.8 Å². The third kappa shape index (κ3) is 39.4. The Morgan fingerprint density at radius 3 is 1.39 bits per heavy atom. The fourth-order valence-corrected chi connectivity index (χ4v) is 5.43. The van der Waals surface area contributed by atoms with Gasteiger partial charge in [-0.15, -0.1) is 12.8 Å². The average Bonchev–Trinajstić information content (AvgIpc) is 3.11. The van der Waals surface area contributed by atoms with Crippen LogP contribution in [0.25, 0.3) is 0 Å². The van der Waals surface area contributed by atoms with Gasteiger partial charge in [-0.05, 0) is 102 Å². The SMILES string of the molecule is C#C/C=C\CCCCCCCCCCCCCC/C=C\CCCC/C=C\CCCC(O)C#CC(O)C#CCCCCCC/C=C/[C@H](O)C#C. The molecule has 0 saturated carbocycles. The van der Waals surface area contributed by atoms with E-state index < -0.39 is 18.3 Å². The second-order valence-electron chi connectivity index (χ2n) is 13.1. The highest BCUT2D eigenvalue weighted by molar-refractivity contribution is 5.20. The first kappa shape index (κ1) is 46.1. The van der Waals surface area contributed by atoms with E-state index >= 15 is 0 Å². The van der Waals surface area contributed by atoms with Gasteiger partial charge in [0.15, 0.2) is 6.10 Å². The number of terminal acetylenes is 2. The molecule has 0 rings (SSSR count). The summed E-state index contributed by atoms with van der Waals surface area (Å²) < 4.78 is 0. The Balaban J connectivity index is 3.51. The summed E-state index contributed by atoms with van der Waals surface area (Å²) in [4.78, 5) is 0. The number of aliphatic hydroxyl groups excluding tert-OH is 3. The minimum absolute atomic E-state index is 0.605. The molecule has 0 aromatic heterocycles. The Bertz CT molecular complexity index is 1060. The molecule has 0 aliphatic rings. The summed E-state index contributed by atoms with van der Waals surface area (Å²) in [6, 6.07) is 0. The van der Waals surface area contributed by atoms with Crippen LogP contribution in [0.1, 0.15) is 173 Å². The molecule has 272 valence electrons. The van der Waals surface area contributed by atoms with E-state index in [2.05, 4.69) is 65.9 Å². The topological polar surface area (TPSA) is 60.7 Å². The number of hydrogen-bond donors (Lipinski definition) is 3. The van der Waals surface area contributed by atoms with Gasteiger partial charge in [-0.2, -0.15) is 0 Å². The molecule has 0 fully saturated rings. The third-order valence-corrected chi connectivity index (χ3v) is 8.42. The number of unbranched alkanes of at least 4 members (excludes halogenated alkanes) is 22. The number of rotatable bonds is 31. The molecule has 0 saturated heterocycles. The molecule has 3 atom stereocenters. The molecule has 0 aliphatic carbocycles. The Labute approximate surface area is 303 Å². The van der Waals surface area contributed by atoms with Crippen LogP contribution in [-0.2, 0) is 0 Å². The first-order chi connectivity index (χ1) is 24.1. The lowest BCUT2D eigenvalue weighted by atomic mass is 10.0. The molecule has 2 unspecified atom stereocenters. The molecule has 0 aromatic carbocycles. The van der Waals surface area contributed by atoms with E-state index in [1.807, 2.05) is 12.2 Å². The monoisotopic (exact) mass is 671 g/mol. The van der Waals surface area contributed by atoms with E-state index in [1.54, 1.807) is 6.08 Å². The molecule has 0 bridgehead atoms. The van der Waals surface area contributed by atoms with Gasteiger partial charge in [-0.3, -0.25) is 0 Å². The molecular formula is C46H70O3. The van der Waals surface area contributed by atoms with Gasteiger partial charge in [0.2, 0.25) is 0 Å². The second kappa shape index (κ2) is 39.5. The number of aliphatic hydroxyl groups is 3. The summed E-state index contributed by atoms with van der Waals surface area (Å²) in [6.07, 6.45) is 56.4. The van der Waals surface area contributed by atoms with Gasteiger partial charge in [0, 0.05) is 6.42 Å². The molecule has 3 heteroatoms. The van der Waals surface area contributed by atoms with E-state index in [0.717, 1.165) is 64.2 Å². The van der Waals surface area contributed by atoms with Crippen molar-refractivity contribution >= 4 is 0 Å². The van der Waals surface area contributed by atoms with Crippen molar-refractivity contribution in [3.05, 3.63) is 48.6 Å². The van der Waals surface area contributed by atoms with Crippen LogP contribution in [0, 0.1) is 48.4 Å². The Morgan fingerprint density at radius 1 is 0.449 bits per heavy atom. The van der Waals surface area contributed by atoms with Crippen LogP contribution in [0.15, 0.2) is 48.6 Å². The summed E-state index contributed by atoms with van der Waals surface area (Å²) in [5.74, 6) is 15.9. The predicted octanol–water partition coefficient (Wildman–Crippen LogP) is 11.1. The van der Waals surface area contributed by atoms with Crippen LogP contribution in [0.3, 0.4) is 0 Å². The maximum absolute atomic E-state index is 10.1. The molecule has 0 aliphatic heterocycles. The standard InChI is InChI=1S/C46H70O3/c1-3-5-6-7-8-9-10-11-12-13-14-15-16-17-18-19-20-21-22-23-24-25-26-27-31-34-37-40-45(48)42-43-46(49)41-38-35-32-29-28-30-33-36-39-44(47)4-2/h1-2,5-6,21-22,27,31,36,39,44-49H,7-20,23-26,28-30,32-35,37,40H2/b6-5-,22-21-,31-27-,39-36+/t44-,45?,46?/m1/s1. The van der Waals surface area contributed by atoms with Crippen LogP contribution in [0.2, 0.25) is 0 Å². The summed E-state index contributed by atoms with van der Waals surface area (Å²) in [5.41, 5.74) is 0. The van der Waals surface area contributed by atoms with Crippen LogP contribution < -0.4 is 0 Å². The lowest BCUT2D eigenvalue weighted by molar-refractivity contribution is 0.218. The largest absolute Gasteiger partial charge is 0.380 e. The second-order valence-corrected chi connectivity index (χ2v) is 13.1. The van der Waals surface area contributed by atoms with Crippen molar-refractivity contribution < 1.29 is 15.3 Å². The van der Waals surface area contributed by atoms with Crippen molar-refractivity contribution in [1.82, 2.24) is 0 Å². The molecule has 3 N–H and O–H groups in total. The summed E-state index contributed by atoms with van der Waals surface area (Å²) in [7, 11) is 0. The lowest BCUT2D eigenvalue weighted by Gasteiger charge is -2.02. The normalized spacial score (nSPS) is 13.2. The molecule has 0 aromatic rings. The zero-order chi connectivity index (χ0) is 35.7. The van der Waals surface area contributed by atoms with Gasteiger partial charge in [-0.25, -0.2) is 0 Å². The quantitative estimate of drug-likeness (QED) is 0.0391. The minimum Gasteiger partial charge on any atom is -0.380 e. The van der Waals surface area contributed by atoms with Crippen LogP contribution in [0.4, 0.5) is 0 Å². The molecule has 0 spiro atoms. The van der Waals surface area contributed by atoms with Gasteiger partial charge >= 0.3 is 0 Å². The lowest BCUT2D eigenvalue weighted by Crippen LogP contribution is -2.05. The molecule has 0 heterocycles. The van der Waals surface area contributed by atoms with Crippen LogP contribution >= 0.6 is 0 Å². The fourth-order valence-electron chi connectivity index (χ4n) is 5.43. The van der Waals surface area contributed by atoms with Crippen molar-refractivity contribution in [2.75, 3.05) is 0 Å². The number of hydrogen-bond acceptors (Lipinski definition) is 3. The number of allylic oxidation sites excluding steroid dienone is 7. The first-order valence-corrected chi connectivity index (χ1v) is 19.7. The third-order valence-electron chi connectivity index (χ3n) is 8.42. The minimum atomic E-state index is -1.01. The molecular weight excluding hydrogens is 601 g/mol. The summed E-state index contributed by atoms with van der Waals surface area (Å²) in [5, 5.41) is 29.2. The van der Waals surface area contributed by atoms with Gasteiger partial charge in [0.05, 0.1) is 0 Å². The van der Waals surface area contributed by atoms with Gasteiger partial charge in [-0.1, -0.05) is 149 Å². The Morgan fingerprint density at radius 2 is 0.878 bits per heavy atom. The van der Waals surface area contributed by atoms with Gasteiger partial charge < -0.3 is 15.3 Å². The van der Waals surface area contributed by atoms with Gasteiger partial charge in [0.25, 0.3) is 0 Å². The van der Waals surface area contributed by atoms with Gasteiger partial charge in [0.1, 0.15) is 12.2 Å². The Kier molecular flexibility index (Phi) is 37.2.